The highest BCUT2D eigenvalue weighted by molar-refractivity contribution is 6.31. The number of hydrogen-bond donors (Lipinski definition) is 2. The fourth-order valence-electron chi connectivity index (χ4n) is 1.62. The molecule has 0 aliphatic rings. The molecular weight excluding hydrogens is 284 g/mol. The standard InChI is InChI=1S/C13H9ClN2O4/c14-9-4-1-3-8(7-9)13(18)15-12-10(16(19)20)5-2-6-11(12)17/h1-7,17H,(H,15,18). The fraction of sp³-hybridized carbons (Fsp3) is 0. The topological polar surface area (TPSA) is 92.5 Å². The molecule has 0 bridgehead atoms. The molecule has 0 saturated heterocycles. The molecular formula is C13H9ClN2O4. The largest absolute Gasteiger partial charge is 0.505 e. The van der Waals surface area contributed by atoms with Crippen molar-refractivity contribution in [2.75, 3.05) is 5.32 Å². The molecule has 0 unspecified atom stereocenters. The lowest BCUT2D eigenvalue weighted by Crippen LogP contribution is -2.13. The number of carbonyl (C=O) groups excluding carboxylic acids is 1. The SMILES string of the molecule is O=C(Nc1c(O)cccc1[N+](=O)[O-])c1cccc(Cl)c1. The van der Waals surface area contributed by atoms with Crippen LogP contribution in [0, 0.1) is 10.1 Å². The zero-order valence-corrected chi connectivity index (χ0v) is 10.8. The summed E-state index contributed by atoms with van der Waals surface area (Å²) in [6.07, 6.45) is 0. The number of para-hydroxylation sites is 1. The Hall–Kier alpha value is -2.60. The lowest BCUT2D eigenvalue weighted by molar-refractivity contribution is -0.384. The summed E-state index contributed by atoms with van der Waals surface area (Å²) in [4.78, 5) is 22.2. The maximum Gasteiger partial charge on any atom is 0.296 e. The molecule has 0 aliphatic carbocycles. The lowest BCUT2D eigenvalue weighted by Gasteiger charge is -2.08. The fourth-order valence-corrected chi connectivity index (χ4v) is 1.81. The number of nitrogens with one attached hydrogen (secondary N) is 1. The van der Waals surface area contributed by atoms with Crippen molar-refractivity contribution in [2.24, 2.45) is 0 Å². The van der Waals surface area contributed by atoms with Crippen molar-refractivity contribution in [3.05, 3.63) is 63.2 Å². The summed E-state index contributed by atoms with van der Waals surface area (Å²) >= 11 is 5.77. The molecule has 1 amide bonds. The number of phenolic OH excluding ortho intramolecular Hbond substituents is 1. The van der Waals surface area contributed by atoms with E-state index in [2.05, 4.69) is 5.32 Å². The summed E-state index contributed by atoms with van der Waals surface area (Å²) in [5.74, 6) is -0.980. The maximum atomic E-state index is 12.0. The van der Waals surface area contributed by atoms with Crippen LogP contribution in [-0.2, 0) is 0 Å². The van der Waals surface area contributed by atoms with E-state index in [4.69, 9.17) is 11.6 Å². The van der Waals surface area contributed by atoms with Gasteiger partial charge >= 0.3 is 0 Å². The van der Waals surface area contributed by atoms with Gasteiger partial charge in [0.15, 0.2) is 5.69 Å². The summed E-state index contributed by atoms with van der Waals surface area (Å²) in [6, 6.07) is 9.86. The van der Waals surface area contributed by atoms with Crippen molar-refractivity contribution < 1.29 is 14.8 Å². The van der Waals surface area contributed by atoms with Crippen LogP contribution in [0.25, 0.3) is 0 Å². The highest BCUT2D eigenvalue weighted by Gasteiger charge is 2.20. The van der Waals surface area contributed by atoms with Crippen LogP contribution >= 0.6 is 11.6 Å². The van der Waals surface area contributed by atoms with E-state index in [9.17, 15) is 20.0 Å². The smallest absolute Gasteiger partial charge is 0.296 e. The third kappa shape index (κ3) is 2.86. The number of nitrogens with zero attached hydrogens (tertiary/aromatic N) is 1. The van der Waals surface area contributed by atoms with Crippen LogP contribution in [0.5, 0.6) is 5.75 Å². The second-order valence-corrected chi connectivity index (χ2v) is 4.33. The average molecular weight is 293 g/mol. The van der Waals surface area contributed by atoms with Crippen molar-refractivity contribution >= 4 is 28.9 Å². The molecule has 2 N–H and O–H groups in total. The van der Waals surface area contributed by atoms with Crippen molar-refractivity contribution in [1.29, 1.82) is 0 Å². The van der Waals surface area contributed by atoms with Gasteiger partial charge in [-0.1, -0.05) is 23.7 Å². The second-order valence-electron chi connectivity index (χ2n) is 3.89. The molecule has 2 rings (SSSR count). The first-order valence-electron chi connectivity index (χ1n) is 5.52. The Kier molecular flexibility index (Phi) is 3.86. The molecule has 0 aliphatic heterocycles. The van der Waals surface area contributed by atoms with Crippen molar-refractivity contribution in [2.45, 2.75) is 0 Å². The Labute approximate surface area is 118 Å². The molecule has 2 aromatic rings. The van der Waals surface area contributed by atoms with Gasteiger partial charge in [-0.15, -0.1) is 0 Å². The Morgan fingerprint density at radius 2 is 1.95 bits per heavy atom. The summed E-state index contributed by atoms with van der Waals surface area (Å²) in [7, 11) is 0. The first-order valence-corrected chi connectivity index (χ1v) is 5.90. The Morgan fingerprint density at radius 3 is 2.60 bits per heavy atom. The quantitative estimate of drug-likeness (QED) is 0.516. The second kappa shape index (κ2) is 5.58. The molecule has 0 spiro atoms. The minimum atomic E-state index is -0.687. The number of nitro groups is 1. The van der Waals surface area contributed by atoms with Gasteiger partial charge in [0.2, 0.25) is 0 Å². The number of phenols is 1. The number of benzene rings is 2. The first-order chi connectivity index (χ1) is 9.49. The van der Waals surface area contributed by atoms with Gasteiger partial charge in [0.05, 0.1) is 4.92 Å². The Balaban J connectivity index is 2.35. The maximum absolute atomic E-state index is 12.0. The minimum Gasteiger partial charge on any atom is -0.505 e. The van der Waals surface area contributed by atoms with Crippen LogP contribution in [0.4, 0.5) is 11.4 Å². The molecule has 0 atom stereocenters. The summed E-state index contributed by atoms with van der Waals surface area (Å²) in [6.45, 7) is 0. The number of halogens is 1. The first kappa shape index (κ1) is 13.8. The normalized spacial score (nSPS) is 10.1. The van der Waals surface area contributed by atoms with E-state index in [1.165, 1.54) is 30.3 Å². The van der Waals surface area contributed by atoms with Crippen LogP contribution in [0.15, 0.2) is 42.5 Å². The van der Waals surface area contributed by atoms with Gasteiger partial charge in [0, 0.05) is 16.7 Å². The summed E-state index contributed by atoms with van der Waals surface area (Å²) in [5, 5.41) is 23.2. The van der Waals surface area contributed by atoms with Gasteiger partial charge in [-0.05, 0) is 24.3 Å². The number of carbonyl (C=O) groups is 1. The van der Waals surface area contributed by atoms with E-state index < -0.39 is 10.8 Å². The third-order valence-electron chi connectivity index (χ3n) is 2.54. The van der Waals surface area contributed by atoms with Crippen molar-refractivity contribution in [3.63, 3.8) is 0 Å². The van der Waals surface area contributed by atoms with Gasteiger partial charge in [-0.3, -0.25) is 14.9 Å². The van der Waals surface area contributed by atoms with Gasteiger partial charge in [0.25, 0.3) is 11.6 Å². The van der Waals surface area contributed by atoms with Crippen molar-refractivity contribution in [3.8, 4) is 5.75 Å². The van der Waals surface area contributed by atoms with Crippen LogP contribution in [0.3, 0.4) is 0 Å². The van der Waals surface area contributed by atoms with Crippen molar-refractivity contribution in [1.82, 2.24) is 0 Å². The lowest BCUT2D eigenvalue weighted by atomic mass is 10.2. The molecule has 7 heteroatoms. The summed E-state index contributed by atoms with van der Waals surface area (Å²) in [5.41, 5.74) is -0.405. The average Bonchev–Trinajstić information content (AvgIpc) is 2.40. The Morgan fingerprint density at radius 1 is 1.25 bits per heavy atom. The minimum absolute atomic E-state index is 0.232. The molecule has 20 heavy (non-hydrogen) atoms. The van der Waals surface area contributed by atoms with E-state index in [-0.39, 0.29) is 22.7 Å². The van der Waals surface area contributed by atoms with E-state index in [0.29, 0.717) is 5.02 Å². The third-order valence-corrected chi connectivity index (χ3v) is 2.78. The molecule has 0 fully saturated rings. The van der Waals surface area contributed by atoms with Crippen LogP contribution in [0.1, 0.15) is 10.4 Å². The monoisotopic (exact) mass is 292 g/mol. The number of aromatic hydroxyl groups is 1. The van der Waals surface area contributed by atoms with Gasteiger partial charge in [0.1, 0.15) is 5.75 Å². The zero-order chi connectivity index (χ0) is 14.7. The molecule has 2 aromatic carbocycles. The number of amides is 1. The number of rotatable bonds is 3. The number of nitro benzene ring substituents is 1. The zero-order valence-electron chi connectivity index (χ0n) is 10.0. The predicted molar refractivity (Wildman–Crippen MR) is 74.2 cm³/mol. The number of anilines is 1. The van der Waals surface area contributed by atoms with Crippen LogP contribution in [0.2, 0.25) is 5.02 Å². The van der Waals surface area contributed by atoms with Gasteiger partial charge in [-0.25, -0.2) is 0 Å². The Bertz CT molecular complexity index is 688. The highest BCUT2D eigenvalue weighted by Crippen LogP contribution is 2.33. The predicted octanol–water partition coefficient (Wildman–Crippen LogP) is 3.21. The molecule has 0 radical (unpaired) electrons. The molecule has 0 heterocycles. The molecule has 6 nitrogen and oxygen atoms in total. The molecule has 0 saturated carbocycles. The highest BCUT2D eigenvalue weighted by atomic mass is 35.5. The van der Waals surface area contributed by atoms with Crippen LogP contribution in [-0.4, -0.2) is 15.9 Å². The molecule has 0 aromatic heterocycles. The van der Waals surface area contributed by atoms with E-state index in [1.54, 1.807) is 12.1 Å². The van der Waals surface area contributed by atoms with Gasteiger partial charge < -0.3 is 10.4 Å². The van der Waals surface area contributed by atoms with E-state index >= 15 is 0 Å². The van der Waals surface area contributed by atoms with Crippen LogP contribution < -0.4 is 5.32 Å². The molecule has 102 valence electrons. The summed E-state index contributed by atoms with van der Waals surface area (Å²) < 4.78 is 0. The van der Waals surface area contributed by atoms with E-state index in [1.807, 2.05) is 0 Å². The van der Waals surface area contributed by atoms with Gasteiger partial charge in [-0.2, -0.15) is 0 Å². The van der Waals surface area contributed by atoms with E-state index in [0.717, 1.165) is 0 Å². The number of hydrogen-bond acceptors (Lipinski definition) is 4.